The number of carbonyl (C=O) groups excluding carboxylic acids is 1. The molecule has 1 amide bonds. The van der Waals surface area contributed by atoms with Crippen LogP contribution in [0, 0.1) is 11.3 Å². The van der Waals surface area contributed by atoms with E-state index in [1.807, 2.05) is 12.1 Å². The van der Waals surface area contributed by atoms with E-state index in [0.717, 1.165) is 0 Å². The average Bonchev–Trinajstić information content (AvgIpc) is 2.66. The summed E-state index contributed by atoms with van der Waals surface area (Å²) in [5.74, 6) is -0.261. The van der Waals surface area contributed by atoms with Crippen molar-refractivity contribution < 1.29 is 4.79 Å². The van der Waals surface area contributed by atoms with Crippen LogP contribution >= 0.6 is 23.4 Å². The van der Waals surface area contributed by atoms with Gasteiger partial charge in [0, 0.05) is 12.7 Å². The highest BCUT2D eigenvalue weighted by Gasteiger charge is 2.18. The Morgan fingerprint density at radius 3 is 2.78 bits per heavy atom. The van der Waals surface area contributed by atoms with Gasteiger partial charge in [-0.05, 0) is 37.3 Å². The van der Waals surface area contributed by atoms with Crippen LogP contribution in [0.5, 0.6) is 0 Å². The first-order valence-corrected chi connectivity index (χ1v) is 9.29. The standard InChI is InChI=1S/C19H15ClN4O2S/c1-11(17(25)22-13-8-7-12(10-21)15(20)9-13)27-19-23-16-6-4-3-5-14(16)18(26)24(19)2/h3-9,11H,1-2H3,(H,22,25). The van der Waals surface area contributed by atoms with Gasteiger partial charge in [0.05, 0.1) is 26.7 Å². The van der Waals surface area contributed by atoms with Gasteiger partial charge in [0.1, 0.15) is 6.07 Å². The highest BCUT2D eigenvalue weighted by Crippen LogP contribution is 2.24. The molecule has 0 saturated carbocycles. The molecule has 27 heavy (non-hydrogen) atoms. The normalized spacial score (nSPS) is 11.8. The summed E-state index contributed by atoms with van der Waals surface area (Å²) in [6, 6.07) is 13.8. The van der Waals surface area contributed by atoms with Crippen LogP contribution < -0.4 is 10.9 Å². The van der Waals surface area contributed by atoms with Crippen LogP contribution in [0.4, 0.5) is 5.69 Å². The fourth-order valence-electron chi connectivity index (χ4n) is 2.44. The summed E-state index contributed by atoms with van der Waals surface area (Å²) < 4.78 is 1.44. The van der Waals surface area contributed by atoms with Gasteiger partial charge in [-0.25, -0.2) is 4.98 Å². The summed E-state index contributed by atoms with van der Waals surface area (Å²) in [4.78, 5) is 29.4. The number of nitriles is 1. The number of thioether (sulfide) groups is 1. The van der Waals surface area contributed by atoms with Gasteiger partial charge in [-0.2, -0.15) is 5.26 Å². The van der Waals surface area contributed by atoms with E-state index in [9.17, 15) is 9.59 Å². The first kappa shape index (κ1) is 19.0. The van der Waals surface area contributed by atoms with E-state index in [1.54, 1.807) is 44.3 Å². The van der Waals surface area contributed by atoms with Crippen LogP contribution in [-0.2, 0) is 11.8 Å². The summed E-state index contributed by atoms with van der Waals surface area (Å²) >= 11 is 7.18. The average molecular weight is 399 g/mol. The molecule has 0 aliphatic heterocycles. The van der Waals surface area contributed by atoms with Crippen molar-refractivity contribution in [2.75, 3.05) is 5.32 Å². The van der Waals surface area contributed by atoms with Crippen LogP contribution in [0.15, 0.2) is 52.4 Å². The van der Waals surface area contributed by atoms with Gasteiger partial charge in [-0.15, -0.1) is 0 Å². The van der Waals surface area contributed by atoms with Gasteiger partial charge in [-0.3, -0.25) is 14.2 Å². The molecule has 1 atom stereocenters. The van der Waals surface area contributed by atoms with E-state index in [1.165, 1.54) is 22.4 Å². The second kappa shape index (κ2) is 7.82. The van der Waals surface area contributed by atoms with E-state index < -0.39 is 5.25 Å². The minimum absolute atomic E-state index is 0.158. The zero-order valence-electron chi connectivity index (χ0n) is 14.6. The third kappa shape index (κ3) is 3.97. The molecule has 0 aliphatic carbocycles. The Morgan fingerprint density at radius 2 is 2.07 bits per heavy atom. The highest BCUT2D eigenvalue weighted by molar-refractivity contribution is 8.00. The lowest BCUT2D eigenvalue weighted by Crippen LogP contribution is -2.25. The Morgan fingerprint density at radius 1 is 1.33 bits per heavy atom. The summed E-state index contributed by atoms with van der Waals surface area (Å²) in [5.41, 5.74) is 1.27. The molecule has 0 saturated heterocycles. The van der Waals surface area contributed by atoms with Gasteiger partial charge in [0.25, 0.3) is 5.56 Å². The van der Waals surface area contributed by atoms with Gasteiger partial charge in [0.2, 0.25) is 5.91 Å². The monoisotopic (exact) mass is 398 g/mol. The van der Waals surface area contributed by atoms with Crippen LogP contribution in [0.1, 0.15) is 12.5 Å². The van der Waals surface area contributed by atoms with Crippen molar-refractivity contribution in [1.29, 1.82) is 5.26 Å². The molecule has 6 nitrogen and oxygen atoms in total. The Balaban J connectivity index is 1.80. The SMILES string of the molecule is CC(Sc1nc2ccccc2c(=O)n1C)C(=O)Nc1ccc(C#N)c(Cl)c1. The van der Waals surface area contributed by atoms with Gasteiger partial charge >= 0.3 is 0 Å². The topological polar surface area (TPSA) is 87.8 Å². The summed E-state index contributed by atoms with van der Waals surface area (Å²) in [6.45, 7) is 1.73. The number of para-hydroxylation sites is 1. The molecule has 2 aromatic carbocycles. The molecule has 3 aromatic rings. The quantitative estimate of drug-likeness (QED) is 0.536. The fraction of sp³-hybridized carbons (Fsp3) is 0.158. The van der Waals surface area contributed by atoms with Crippen molar-refractivity contribution in [3.8, 4) is 6.07 Å². The van der Waals surface area contributed by atoms with Crippen molar-refractivity contribution in [3.05, 3.63) is 63.4 Å². The molecule has 0 bridgehead atoms. The van der Waals surface area contributed by atoms with E-state index in [2.05, 4.69) is 10.3 Å². The minimum Gasteiger partial charge on any atom is -0.325 e. The Kier molecular flexibility index (Phi) is 5.49. The second-order valence-corrected chi connectivity index (χ2v) is 7.55. The van der Waals surface area contributed by atoms with Crippen molar-refractivity contribution in [2.24, 2.45) is 7.05 Å². The summed E-state index contributed by atoms with van der Waals surface area (Å²) in [6.07, 6.45) is 0. The predicted octanol–water partition coefficient (Wildman–Crippen LogP) is 3.58. The number of nitrogens with zero attached hydrogens (tertiary/aromatic N) is 3. The minimum atomic E-state index is -0.501. The largest absolute Gasteiger partial charge is 0.325 e. The first-order chi connectivity index (χ1) is 12.9. The number of hydrogen-bond acceptors (Lipinski definition) is 5. The molecule has 8 heteroatoms. The Hall–Kier alpha value is -2.82. The third-order valence-electron chi connectivity index (χ3n) is 3.95. The Bertz CT molecular complexity index is 1140. The molecule has 3 rings (SSSR count). The molecule has 1 unspecified atom stereocenters. The lowest BCUT2D eigenvalue weighted by Gasteiger charge is -2.14. The van der Waals surface area contributed by atoms with E-state index in [4.69, 9.17) is 16.9 Å². The zero-order valence-corrected chi connectivity index (χ0v) is 16.1. The number of rotatable bonds is 4. The lowest BCUT2D eigenvalue weighted by molar-refractivity contribution is -0.115. The van der Waals surface area contributed by atoms with Crippen molar-refractivity contribution in [1.82, 2.24) is 9.55 Å². The predicted molar refractivity (Wildman–Crippen MR) is 107 cm³/mol. The first-order valence-electron chi connectivity index (χ1n) is 8.03. The van der Waals surface area contributed by atoms with Crippen molar-refractivity contribution in [2.45, 2.75) is 17.3 Å². The number of anilines is 1. The highest BCUT2D eigenvalue weighted by atomic mass is 35.5. The van der Waals surface area contributed by atoms with E-state index >= 15 is 0 Å². The zero-order chi connectivity index (χ0) is 19.6. The number of fused-ring (bicyclic) bond motifs is 1. The number of hydrogen-bond donors (Lipinski definition) is 1. The molecule has 0 spiro atoms. The maximum atomic E-state index is 12.5. The number of benzene rings is 2. The lowest BCUT2D eigenvalue weighted by atomic mass is 10.2. The van der Waals surface area contributed by atoms with Crippen LogP contribution in [0.2, 0.25) is 5.02 Å². The van der Waals surface area contributed by atoms with Crippen molar-refractivity contribution in [3.63, 3.8) is 0 Å². The number of halogens is 1. The molecule has 0 fully saturated rings. The molecule has 1 N–H and O–H groups in total. The molecule has 136 valence electrons. The fourth-order valence-corrected chi connectivity index (χ4v) is 3.54. The molecule has 1 heterocycles. The molecule has 0 radical (unpaired) electrons. The summed E-state index contributed by atoms with van der Waals surface area (Å²) in [7, 11) is 1.63. The maximum Gasteiger partial charge on any atom is 0.261 e. The van der Waals surface area contributed by atoms with Crippen LogP contribution in [0.3, 0.4) is 0 Å². The molecule has 1 aromatic heterocycles. The second-order valence-electron chi connectivity index (χ2n) is 5.83. The van der Waals surface area contributed by atoms with E-state index in [-0.39, 0.29) is 16.5 Å². The van der Waals surface area contributed by atoms with Gasteiger partial charge < -0.3 is 5.32 Å². The number of aromatic nitrogens is 2. The van der Waals surface area contributed by atoms with Crippen molar-refractivity contribution >= 4 is 45.9 Å². The van der Waals surface area contributed by atoms with E-state index in [0.29, 0.717) is 27.3 Å². The third-order valence-corrected chi connectivity index (χ3v) is 5.41. The molecular formula is C19H15ClN4O2S. The smallest absolute Gasteiger partial charge is 0.261 e. The molecule has 0 aliphatic rings. The number of amides is 1. The van der Waals surface area contributed by atoms with Gasteiger partial charge in [0.15, 0.2) is 5.16 Å². The van der Waals surface area contributed by atoms with Crippen LogP contribution in [-0.4, -0.2) is 20.7 Å². The Labute approximate surface area is 164 Å². The van der Waals surface area contributed by atoms with Crippen LogP contribution in [0.25, 0.3) is 10.9 Å². The number of carbonyl (C=O) groups is 1. The molecular weight excluding hydrogens is 384 g/mol. The van der Waals surface area contributed by atoms with Gasteiger partial charge in [-0.1, -0.05) is 35.5 Å². The summed E-state index contributed by atoms with van der Waals surface area (Å²) in [5, 5.41) is 12.4. The number of nitrogens with one attached hydrogen (secondary N) is 1. The maximum absolute atomic E-state index is 12.5.